The van der Waals surface area contributed by atoms with E-state index in [1.165, 1.54) is 43.3 Å². The standard InChI is InChI=1S/C17H24OS/c1-12-15(14-8-6-5-7-9-14)10-11-16(13(2)18)17(12,3)19-4/h10,14H,5-9H2,1-4H3. The summed E-state index contributed by atoms with van der Waals surface area (Å²) in [4.78, 5) is 11.8. The molecule has 1 saturated carbocycles. The minimum absolute atomic E-state index is 0.148. The lowest BCUT2D eigenvalue weighted by Crippen LogP contribution is -2.31. The van der Waals surface area contributed by atoms with Crippen LogP contribution >= 0.6 is 11.8 Å². The predicted molar refractivity (Wildman–Crippen MR) is 83.5 cm³/mol. The van der Waals surface area contributed by atoms with E-state index in [0.29, 0.717) is 5.92 Å². The van der Waals surface area contributed by atoms with E-state index in [1.54, 1.807) is 18.7 Å². The number of carbonyl (C=O) groups excluding carboxylic acids is 1. The molecule has 0 spiro atoms. The van der Waals surface area contributed by atoms with Gasteiger partial charge in [0.05, 0.1) is 10.3 Å². The van der Waals surface area contributed by atoms with Crippen molar-refractivity contribution in [3.63, 3.8) is 0 Å². The average molecular weight is 276 g/mol. The summed E-state index contributed by atoms with van der Waals surface area (Å²) >= 11 is 1.76. The highest BCUT2D eigenvalue weighted by Gasteiger charge is 2.37. The Morgan fingerprint density at radius 3 is 2.53 bits per heavy atom. The molecule has 2 aliphatic carbocycles. The smallest absolute Gasteiger partial charge is 0.165 e. The molecule has 0 saturated heterocycles. The monoisotopic (exact) mass is 276 g/mol. The number of hydrogen-bond acceptors (Lipinski definition) is 2. The quantitative estimate of drug-likeness (QED) is 0.696. The lowest BCUT2D eigenvalue weighted by Gasteiger charge is -2.36. The van der Waals surface area contributed by atoms with Gasteiger partial charge in [0.15, 0.2) is 5.78 Å². The summed E-state index contributed by atoms with van der Waals surface area (Å²) < 4.78 is -0.187. The Bertz CT molecular complexity index is 473. The van der Waals surface area contributed by atoms with Crippen LogP contribution in [-0.2, 0) is 4.79 Å². The van der Waals surface area contributed by atoms with E-state index >= 15 is 0 Å². The topological polar surface area (TPSA) is 17.1 Å². The van der Waals surface area contributed by atoms with Crippen molar-refractivity contribution in [2.45, 2.75) is 57.6 Å². The van der Waals surface area contributed by atoms with Crippen molar-refractivity contribution < 1.29 is 4.79 Å². The van der Waals surface area contributed by atoms with E-state index in [9.17, 15) is 4.79 Å². The van der Waals surface area contributed by atoms with Crippen LogP contribution in [0.2, 0.25) is 0 Å². The second-order valence-electron chi connectivity index (χ2n) is 5.87. The van der Waals surface area contributed by atoms with Crippen molar-refractivity contribution in [1.82, 2.24) is 0 Å². The number of ketones is 1. The molecule has 0 heterocycles. The highest BCUT2D eigenvalue weighted by Crippen LogP contribution is 2.45. The van der Waals surface area contributed by atoms with Gasteiger partial charge in [-0.25, -0.2) is 0 Å². The molecule has 19 heavy (non-hydrogen) atoms. The molecule has 1 nitrogen and oxygen atoms in total. The molecule has 0 aromatic rings. The molecule has 0 aromatic carbocycles. The van der Waals surface area contributed by atoms with Crippen molar-refractivity contribution >= 4 is 17.5 Å². The van der Waals surface area contributed by atoms with E-state index < -0.39 is 0 Å². The maximum atomic E-state index is 11.8. The molecule has 0 bridgehead atoms. The average Bonchev–Trinajstić information content (AvgIpc) is 2.42. The molecule has 0 N–H and O–H groups in total. The van der Waals surface area contributed by atoms with Crippen LogP contribution in [0.3, 0.4) is 0 Å². The second kappa shape index (κ2) is 5.73. The summed E-state index contributed by atoms with van der Waals surface area (Å²) in [6.07, 6.45) is 10.8. The minimum atomic E-state index is -0.187. The van der Waals surface area contributed by atoms with Gasteiger partial charge in [-0.15, -0.1) is 17.5 Å². The van der Waals surface area contributed by atoms with Gasteiger partial charge in [-0.05, 0) is 63.0 Å². The van der Waals surface area contributed by atoms with Crippen molar-refractivity contribution in [3.05, 3.63) is 28.5 Å². The highest BCUT2D eigenvalue weighted by atomic mass is 32.2. The number of rotatable bonds is 3. The molecule has 2 aliphatic rings. The van der Waals surface area contributed by atoms with Crippen LogP contribution in [0.25, 0.3) is 0 Å². The number of Topliss-reactive ketones (excluding diaryl/α,β-unsaturated/α-hetero) is 1. The molecule has 0 radical (unpaired) electrons. The second-order valence-corrected chi connectivity index (χ2v) is 7.10. The van der Waals surface area contributed by atoms with Gasteiger partial charge in [-0.2, -0.15) is 0 Å². The summed E-state index contributed by atoms with van der Waals surface area (Å²) in [5.41, 5.74) is 6.95. The van der Waals surface area contributed by atoms with E-state index in [0.717, 1.165) is 5.57 Å². The summed E-state index contributed by atoms with van der Waals surface area (Å²) in [6.45, 7) is 6.04. The molecule has 104 valence electrons. The first-order valence-corrected chi connectivity index (χ1v) is 8.47. The van der Waals surface area contributed by atoms with Gasteiger partial charge in [0.25, 0.3) is 0 Å². The SMILES string of the molecule is CSC1(C)C(C(C)=O)=C=CC(C2CCCCC2)=C1C. The number of thioether (sulfide) groups is 1. The van der Waals surface area contributed by atoms with Gasteiger partial charge in [-0.3, -0.25) is 4.79 Å². The third-order valence-electron chi connectivity index (χ3n) is 4.80. The lowest BCUT2D eigenvalue weighted by molar-refractivity contribution is -0.113. The molecule has 0 aliphatic heterocycles. The summed E-state index contributed by atoms with van der Waals surface area (Å²) in [7, 11) is 0. The Morgan fingerprint density at radius 1 is 1.37 bits per heavy atom. The maximum absolute atomic E-state index is 11.8. The third-order valence-corrected chi connectivity index (χ3v) is 6.13. The van der Waals surface area contributed by atoms with Crippen LogP contribution in [0.15, 0.2) is 28.5 Å². The fourth-order valence-electron chi connectivity index (χ4n) is 3.39. The number of carbonyl (C=O) groups is 1. The van der Waals surface area contributed by atoms with Gasteiger partial charge >= 0.3 is 0 Å². The number of allylic oxidation sites excluding steroid dienone is 1. The fourth-order valence-corrected chi connectivity index (χ4v) is 4.22. The zero-order valence-electron chi connectivity index (χ0n) is 12.5. The molecule has 1 atom stereocenters. The summed E-state index contributed by atoms with van der Waals surface area (Å²) in [5.74, 6) is 0.830. The first-order valence-electron chi connectivity index (χ1n) is 7.25. The molecule has 0 aromatic heterocycles. The Balaban J connectivity index is 2.44. The third kappa shape index (κ3) is 2.61. The van der Waals surface area contributed by atoms with Gasteiger partial charge in [-0.1, -0.05) is 19.3 Å². The number of hydrogen-bond donors (Lipinski definition) is 0. The van der Waals surface area contributed by atoms with Gasteiger partial charge < -0.3 is 0 Å². The summed E-state index contributed by atoms with van der Waals surface area (Å²) in [5, 5.41) is 0. The Morgan fingerprint density at radius 2 is 2.00 bits per heavy atom. The zero-order chi connectivity index (χ0) is 14.0. The van der Waals surface area contributed by atoms with Gasteiger partial charge in [0.1, 0.15) is 0 Å². The van der Waals surface area contributed by atoms with Gasteiger partial charge in [0.2, 0.25) is 0 Å². The molecule has 1 unspecified atom stereocenters. The van der Waals surface area contributed by atoms with Crippen LogP contribution < -0.4 is 0 Å². The van der Waals surface area contributed by atoms with Crippen molar-refractivity contribution in [1.29, 1.82) is 0 Å². The molecular formula is C17H24OS. The van der Waals surface area contributed by atoms with Crippen LogP contribution in [0.4, 0.5) is 0 Å². The minimum Gasteiger partial charge on any atom is -0.294 e. The zero-order valence-corrected chi connectivity index (χ0v) is 13.3. The van der Waals surface area contributed by atoms with E-state index in [2.05, 4.69) is 31.9 Å². The molecular weight excluding hydrogens is 252 g/mol. The Labute approximate surface area is 121 Å². The largest absolute Gasteiger partial charge is 0.294 e. The molecule has 2 heteroatoms. The lowest BCUT2D eigenvalue weighted by atomic mass is 9.76. The fraction of sp³-hybridized carbons (Fsp3) is 0.647. The molecule has 1 fully saturated rings. The maximum Gasteiger partial charge on any atom is 0.165 e. The first kappa shape index (κ1) is 14.7. The molecule has 2 rings (SSSR count). The van der Waals surface area contributed by atoms with Crippen LogP contribution in [0.1, 0.15) is 52.9 Å². The van der Waals surface area contributed by atoms with E-state index in [4.69, 9.17) is 0 Å². The molecule has 0 amide bonds. The van der Waals surface area contributed by atoms with Crippen LogP contribution in [0, 0.1) is 5.92 Å². The van der Waals surface area contributed by atoms with Crippen molar-refractivity contribution in [2.75, 3.05) is 6.26 Å². The Hall–Kier alpha value is -0.720. The summed E-state index contributed by atoms with van der Waals surface area (Å²) in [6, 6.07) is 0. The highest BCUT2D eigenvalue weighted by molar-refractivity contribution is 8.00. The van der Waals surface area contributed by atoms with Crippen LogP contribution in [-0.4, -0.2) is 16.8 Å². The van der Waals surface area contributed by atoms with Crippen LogP contribution in [0.5, 0.6) is 0 Å². The van der Waals surface area contributed by atoms with E-state index in [1.807, 2.05) is 0 Å². The predicted octanol–water partition coefficient (Wildman–Crippen LogP) is 4.69. The van der Waals surface area contributed by atoms with Crippen molar-refractivity contribution in [3.8, 4) is 0 Å². The normalized spacial score (nSPS) is 28.5. The van der Waals surface area contributed by atoms with Gasteiger partial charge in [0, 0.05) is 0 Å². The van der Waals surface area contributed by atoms with Crippen molar-refractivity contribution in [2.24, 2.45) is 5.92 Å². The van der Waals surface area contributed by atoms with E-state index in [-0.39, 0.29) is 10.5 Å². The first-order chi connectivity index (χ1) is 9.00. The Kier molecular flexibility index (Phi) is 4.43.